The molecule has 3 atom stereocenters. The average Bonchev–Trinajstić information content (AvgIpc) is 2.86. The Morgan fingerprint density at radius 1 is 1.26 bits per heavy atom. The van der Waals surface area contributed by atoms with Gasteiger partial charge < -0.3 is 10.5 Å². The second kappa shape index (κ2) is 5.71. The predicted molar refractivity (Wildman–Crippen MR) is 78.1 cm³/mol. The van der Waals surface area contributed by atoms with Gasteiger partial charge in [-0.2, -0.15) is 0 Å². The van der Waals surface area contributed by atoms with Gasteiger partial charge in [0.15, 0.2) is 0 Å². The van der Waals surface area contributed by atoms with Gasteiger partial charge in [0.2, 0.25) is 0 Å². The molecule has 0 radical (unpaired) electrons. The van der Waals surface area contributed by atoms with Crippen LogP contribution in [0.15, 0.2) is 0 Å². The molecular formula is C16H30N2O. The Morgan fingerprint density at radius 2 is 2.05 bits per heavy atom. The minimum absolute atomic E-state index is 0.241. The summed E-state index contributed by atoms with van der Waals surface area (Å²) in [5, 5.41) is 0. The first-order valence-corrected chi connectivity index (χ1v) is 8.32. The number of piperidine rings is 1. The van der Waals surface area contributed by atoms with Crippen molar-refractivity contribution in [2.45, 2.75) is 76.0 Å². The minimum atomic E-state index is 0.241. The monoisotopic (exact) mass is 266 g/mol. The molecule has 2 aliphatic heterocycles. The highest BCUT2D eigenvalue weighted by molar-refractivity contribution is 4.96. The summed E-state index contributed by atoms with van der Waals surface area (Å²) in [5.41, 5.74) is 6.28. The number of rotatable bonds is 2. The summed E-state index contributed by atoms with van der Waals surface area (Å²) in [4.78, 5) is 2.74. The predicted octanol–water partition coefficient (Wildman–Crippen LogP) is 2.54. The van der Waals surface area contributed by atoms with Crippen LogP contribution in [0.3, 0.4) is 0 Å². The van der Waals surface area contributed by atoms with Crippen LogP contribution in [-0.2, 0) is 4.74 Å². The van der Waals surface area contributed by atoms with Gasteiger partial charge in [-0.25, -0.2) is 0 Å². The van der Waals surface area contributed by atoms with Gasteiger partial charge in [0.25, 0.3) is 0 Å². The standard InChI is InChI=1S/C16H30N2O/c1-13-4-8-18(15(10-13)12-17)14-5-9-19-16(11-14)6-2-3-7-16/h13-15H,2-12,17H2,1H3. The first-order valence-electron chi connectivity index (χ1n) is 8.32. The van der Waals surface area contributed by atoms with E-state index in [9.17, 15) is 0 Å². The zero-order valence-corrected chi connectivity index (χ0v) is 12.4. The molecule has 0 aromatic rings. The largest absolute Gasteiger partial charge is 0.375 e. The molecule has 19 heavy (non-hydrogen) atoms. The molecule has 110 valence electrons. The van der Waals surface area contributed by atoms with Gasteiger partial charge in [-0.3, -0.25) is 4.90 Å². The highest BCUT2D eigenvalue weighted by Crippen LogP contribution is 2.42. The molecule has 0 bridgehead atoms. The van der Waals surface area contributed by atoms with Gasteiger partial charge in [-0.05, 0) is 51.0 Å². The van der Waals surface area contributed by atoms with Crippen LogP contribution < -0.4 is 5.73 Å². The lowest BCUT2D eigenvalue weighted by Gasteiger charge is -2.48. The van der Waals surface area contributed by atoms with Crippen LogP contribution in [0.4, 0.5) is 0 Å². The van der Waals surface area contributed by atoms with Crippen LogP contribution in [0, 0.1) is 5.92 Å². The Kier molecular flexibility index (Phi) is 4.16. The lowest BCUT2D eigenvalue weighted by atomic mass is 9.84. The summed E-state index contributed by atoms with van der Waals surface area (Å²) in [7, 11) is 0. The molecule has 3 rings (SSSR count). The number of hydrogen-bond donors (Lipinski definition) is 1. The highest BCUT2D eigenvalue weighted by Gasteiger charge is 2.43. The Labute approximate surface area is 117 Å². The SMILES string of the molecule is CC1CCN(C2CCOC3(CCCC3)C2)C(CN)C1. The molecule has 0 aromatic carbocycles. The molecule has 2 saturated heterocycles. The second-order valence-corrected chi connectivity index (χ2v) is 7.14. The third-order valence-electron chi connectivity index (χ3n) is 5.75. The van der Waals surface area contributed by atoms with Crippen LogP contribution in [0.25, 0.3) is 0 Å². The summed E-state index contributed by atoms with van der Waals surface area (Å²) >= 11 is 0. The third kappa shape index (κ3) is 2.84. The van der Waals surface area contributed by atoms with E-state index in [0.29, 0.717) is 6.04 Å². The number of nitrogens with zero attached hydrogens (tertiary/aromatic N) is 1. The van der Waals surface area contributed by atoms with E-state index in [4.69, 9.17) is 10.5 Å². The van der Waals surface area contributed by atoms with Crippen molar-refractivity contribution in [3.63, 3.8) is 0 Å². The van der Waals surface area contributed by atoms with E-state index in [1.165, 1.54) is 57.9 Å². The first-order chi connectivity index (χ1) is 9.22. The van der Waals surface area contributed by atoms with Crippen molar-refractivity contribution in [3.8, 4) is 0 Å². The first kappa shape index (κ1) is 13.8. The highest BCUT2D eigenvalue weighted by atomic mass is 16.5. The van der Waals surface area contributed by atoms with Crippen LogP contribution >= 0.6 is 0 Å². The topological polar surface area (TPSA) is 38.5 Å². The van der Waals surface area contributed by atoms with Crippen LogP contribution in [0.2, 0.25) is 0 Å². The molecular weight excluding hydrogens is 236 g/mol. The van der Waals surface area contributed by atoms with Crippen molar-refractivity contribution in [2.24, 2.45) is 11.7 Å². The number of nitrogens with two attached hydrogens (primary N) is 1. The summed E-state index contributed by atoms with van der Waals surface area (Å²) in [6.07, 6.45) is 10.4. The molecule has 1 aliphatic carbocycles. The minimum Gasteiger partial charge on any atom is -0.375 e. The van der Waals surface area contributed by atoms with E-state index in [0.717, 1.165) is 25.1 Å². The van der Waals surface area contributed by atoms with Crippen molar-refractivity contribution in [3.05, 3.63) is 0 Å². The fourth-order valence-electron chi connectivity index (χ4n) is 4.63. The maximum absolute atomic E-state index is 6.18. The van der Waals surface area contributed by atoms with E-state index in [1.54, 1.807) is 0 Å². The van der Waals surface area contributed by atoms with Crippen molar-refractivity contribution >= 4 is 0 Å². The summed E-state index contributed by atoms with van der Waals surface area (Å²) in [6.45, 7) is 5.43. The van der Waals surface area contributed by atoms with Gasteiger partial charge in [0.1, 0.15) is 0 Å². The Hall–Kier alpha value is -0.120. The van der Waals surface area contributed by atoms with Crippen LogP contribution in [0.5, 0.6) is 0 Å². The molecule has 3 nitrogen and oxygen atoms in total. The molecule has 1 saturated carbocycles. The van der Waals surface area contributed by atoms with Gasteiger partial charge in [-0.1, -0.05) is 19.8 Å². The smallest absolute Gasteiger partial charge is 0.0697 e. The van der Waals surface area contributed by atoms with E-state index < -0.39 is 0 Å². The van der Waals surface area contributed by atoms with Gasteiger partial charge in [0.05, 0.1) is 5.60 Å². The fourth-order valence-corrected chi connectivity index (χ4v) is 4.63. The van der Waals surface area contributed by atoms with Crippen molar-refractivity contribution in [2.75, 3.05) is 19.7 Å². The quantitative estimate of drug-likeness (QED) is 0.835. The molecule has 0 amide bonds. The maximum atomic E-state index is 6.18. The third-order valence-corrected chi connectivity index (χ3v) is 5.75. The summed E-state index contributed by atoms with van der Waals surface area (Å²) < 4.78 is 6.18. The van der Waals surface area contributed by atoms with E-state index in [1.807, 2.05) is 0 Å². The summed E-state index contributed by atoms with van der Waals surface area (Å²) in [5.74, 6) is 0.852. The molecule has 3 fully saturated rings. The van der Waals surface area contributed by atoms with Gasteiger partial charge in [0, 0.05) is 25.2 Å². The number of hydrogen-bond acceptors (Lipinski definition) is 3. The molecule has 1 spiro atoms. The Morgan fingerprint density at radius 3 is 2.79 bits per heavy atom. The van der Waals surface area contributed by atoms with E-state index in [-0.39, 0.29) is 5.60 Å². The maximum Gasteiger partial charge on any atom is 0.0697 e. The molecule has 3 aliphatic rings. The van der Waals surface area contributed by atoms with Crippen molar-refractivity contribution in [1.29, 1.82) is 0 Å². The van der Waals surface area contributed by atoms with E-state index >= 15 is 0 Å². The molecule has 3 unspecified atom stereocenters. The number of ether oxygens (including phenoxy) is 1. The molecule has 0 aromatic heterocycles. The van der Waals surface area contributed by atoms with Crippen molar-refractivity contribution in [1.82, 2.24) is 4.90 Å². The van der Waals surface area contributed by atoms with Gasteiger partial charge in [-0.15, -0.1) is 0 Å². The van der Waals surface area contributed by atoms with Crippen LogP contribution in [0.1, 0.15) is 58.3 Å². The average molecular weight is 266 g/mol. The van der Waals surface area contributed by atoms with E-state index in [2.05, 4.69) is 11.8 Å². The molecule has 2 heterocycles. The molecule has 2 N–H and O–H groups in total. The normalized spacial score (nSPS) is 39.8. The lowest BCUT2D eigenvalue weighted by Crippen LogP contribution is -2.55. The fraction of sp³-hybridized carbons (Fsp3) is 1.00. The Balaban J connectivity index is 1.67. The van der Waals surface area contributed by atoms with Gasteiger partial charge >= 0.3 is 0 Å². The van der Waals surface area contributed by atoms with Crippen molar-refractivity contribution < 1.29 is 4.74 Å². The number of likely N-dealkylation sites (tertiary alicyclic amines) is 1. The zero-order valence-electron chi connectivity index (χ0n) is 12.4. The summed E-state index contributed by atoms with van der Waals surface area (Å²) in [6, 6.07) is 1.35. The zero-order chi connectivity index (χ0) is 13.3. The lowest BCUT2D eigenvalue weighted by molar-refractivity contribution is -0.111. The molecule has 3 heteroatoms. The second-order valence-electron chi connectivity index (χ2n) is 7.14. The Bertz CT molecular complexity index is 301. The van der Waals surface area contributed by atoms with Crippen LogP contribution in [-0.4, -0.2) is 42.3 Å².